The zero-order valence-corrected chi connectivity index (χ0v) is 8.57. The van der Waals surface area contributed by atoms with Gasteiger partial charge >= 0.3 is 0 Å². The van der Waals surface area contributed by atoms with Crippen LogP contribution in [0.4, 0.5) is 13.9 Å². The molecule has 78 valence electrons. The van der Waals surface area contributed by atoms with Gasteiger partial charge in [-0.3, -0.25) is 0 Å². The van der Waals surface area contributed by atoms with Gasteiger partial charge in [0.2, 0.25) is 0 Å². The maximum absolute atomic E-state index is 12.3. The Morgan fingerprint density at radius 1 is 1.29 bits per heavy atom. The van der Waals surface area contributed by atoms with Crippen molar-refractivity contribution in [3.8, 4) is 0 Å². The van der Waals surface area contributed by atoms with Crippen molar-refractivity contribution < 1.29 is 8.78 Å². The Labute approximate surface area is 85.6 Å². The standard InChI is InChI=1S/C9H12F2N2S/c10-8(11)7-6-12-9(14-7)13-4-2-1-3-5-13/h6,8H,1-5H2. The van der Waals surface area contributed by atoms with Gasteiger partial charge in [0.1, 0.15) is 0 Å². The molecular formula is C9H12F2N2S. The normalized spacial score (nSPS) is 17.8. The minimum Gasteiger partial charge on any atom is -0.348 e. The summed E-state index contributed by atoms with van der Waals surface area (Å²) in [4.78, 5) is 6.20. The summed E-state index contributed by atoms with van der Waals surface area (Å²) in [5.74, 6) is 0. The predicted molar refractivity (Wildman–Crippen MR) is 53.1 cm³/mol. The molecule has 0 atom stereocenters. The van der Waals surface area contributed by atoms with Gasteiger partial charge in [0.25, 0.3) is 6.43 Å². The van der Waals surface area contributed by atoms with Gasteiger partial charge in [0.15, 0.2) is 5.13 Å². The minimum absolute atomic E-state index is 0.0746. The van der Waals surface area contributed by atoms with E-state index in [4.69, 9.17) is 0 Å². The molecule has 0 unspecified atom stereocenters. The van der Waals surface area contributed by atoms with Crippen LogP contribution in [0.25, 0.3) is 0 Å². The number of piperidine rings is 1. The Kier molecular flexibility index (Phi) is 2.96. The number of hydrogen-bond acceptors (Lipinski definition) is 3. The second kappa shape index (κ2) is 4.21. The third-order valence-corrected chi connectivity index (χ3v) is 3.42. The van der Waals surface area contributed by atoms with Gasteiger partial charge in [-0.15, -0.1) is 0 Å². The number of alkyl halides is 2. The molecule has 1 saturated heterocycles. The molecule has 14 heavy (non-hydrogen) atoms. The van der Waals surface area contributed by atoms with Gasteiger partial charge in [-0.1, -0.05) is 11.3 Å². The SMILES string of the molecule is FC(F)c1cnc(N2CCCCC2)s1. The fraction of sp³-hybridized carbons (Fsp3) is 0.667. The topological polar surface area (TPSA) is 16.1 Å². The van der Waals surface area contributed by atoms with Crippen LogP contribution < -0.4 is 4.90 Å². The number of anilines is 1. The summed E-state index contributed by atoms with van der Waals surface area (Å²) in [6.45, 7) is 1.91. The smallest absolute Gasteiger partial charge is 0.274 e. The minimum atomic E-state index is -2.38. The monoisotopic (exact) mass is 218 g/mol. The first-order valence-corrected chi connectivity index (χ1v) is 5.58. The average Bonchev–Trinajstić information content (AvgIpc) is 2.68. The molecular weight excluding hydrogens is 206 g/mol. The van der Waals surface area contributed by atoms with Crippen molar-refractivity contribution in [3.05, 3.63) is 11.1 Å². The average molecular weight is 218 g/mol. The van der Waals surface area contributed by atoms with Crippen LogP contribution in [-0.2, 0) is 0 Å². The largest absolute Gasteiger partial charge is 0.348 e. The van der Waals surface area contributed by atoms with Crippen LogP contribution in [-0.4, -0.2) is 18.1 Å². The van der Waals surface area contributed by atoms with E-state index in [1.54, 1.807) is 0 Å². The van der Waals surface area contributed by atoms with Crippen LogP contribution in [0.5, 0.6) is 0 Å². The van der Waals surface area contributed by atoms with Gasteiger partial charge in [-0.2, -0.15) is 0 Å². The molecule has 0 radical (unpaired) electrons. The number of nitrogens with zero attached hydrogens (tertiary/aromatic N) is 2. The molecule has 0 bridgehead atoms. The van der Waals surface area contributed by atoms with Crippen molar-refractivity contribution in [2.45, 2.75) is 25.7 Å². The lowest BCUT2D eigenvalue weighted by atomic mass is 10.1. The summed E-state index contributed by atoms with van der Waals surface area (Å²) in [5.41, 5.74) is 0. The molecule has 2 nitrogen and oxygen atoms in total. The molecule has 0 aromatic carbocycles. The number of hydrogen-bond donors (Lipinski definition) is 0. The molecule has 0 saturated carbocycles. The second-order valence-corrected chi connectivity index (χ2v) is 4.43. The lowest BCUT2D eigenvalue weighted by molar-refractivity contribution is 0.155. The van der Waals surface area contributed by atoms with Gasteiger partial charge < -0.3 is 4.90 Å². The van der Waals surface area contributed by atoms with Gasteiger partial charge in [-0.25, -0.2) is 13.8 Å². The van der Waals surface area contributed by atoms with Crippen molar-refractivity contribution in [3.63, 3.8) is 0 Å². The summed E-state index contributed by atoms with van der Waals surface area (Å²) < 4.78 is 24.6. The van der Waals surface area contributed by atoms with Crippen LogP contribution in [0.1, 0.15) is 30.6 Å². The van der Waals surface area contributed by atoms with E-state index in [1.807, 2.05) is 0 Å². The first kappa shape index (κ1) is 9.83. The second-order valence-electron chi connectivity index (χ2n) is 3.39. The molecule has 0 spiro atoms. The molecule has 1 aliphatic rings. The third kappa shape index (κ3) is 2.03. The highest BCUT2D eigenvalue weighted by Gasteiger charge is 2.17. The molecule has 0 aliphatic carbocycles. The predicted octanol–water partition coefficient (Wildman–Crippen LogP) is 3.07. The highest BCUT2D eigenvalue weighted by molar-refractivity contribution is 7.15. The van der Waals surface area contributed by atoms with Crippen LogP contribution in [0.15, 0.2) is 6.20 Å². The van der Waals surface area contributed by atoms with E-state index < -0.39 is 6.43 Å². The number of aromatic nitrogens is 1. The maximum Gasteiger partial charge on any atom is 0.274 e. The Balaban J connectivity index is 2.07. The van der Waals surface area contributed by atoms with E-state index in [-0.39, 0.29) is 4.88 Å². The summed E-state index contributed by atoms with van der Waals surface area (Å²) in [6.07, 6.45) is 2.43. The quantitative estimate of drug-likeness (QED) is 0.758. The fourth-order valence-electron chi connectivity index (χ4n) is 1.61. The lowest BCUT2D eigenvalue weighted by Gasteiger charge is -2.25. The number of rotatable bonds is 2. The molecule has 1 aliphatic heterocycles. The van der Waals surface area contributed by atoms with Crippen LogP contribution in [0.3, 0.4) is 0 Å². The summed E-state index contributed by atoms with van der Waals surface area (Å²) in [6, 6.07) is 0. The van der Waals surface area contributed by atoms with Gasteiger partial charge in [0, 0.05) is 19.3 Å². The zero-order chi connectivity index (χ0) is 9.97. The highest BCUT2D eigenvalue weighted by Crippen LogP contribution is 2.31. The molecule has 2 rings (SSSR count). The highest BCUT2D eigenvalue weighted by atomic mass is 32.1. The molecule has 0 amide bonds. The maximum atomic E-state index is 12.3. The first-order chi connectivity index (χ1) is 6.77. The van der Waals surface area contributed by atoms with Gasteiger partial charge in [-0.05, 0) is 19.3 Å². The van der Waals surface area contributed by atoms with Crippen molar-refractivity contribution in [2.24, 2.45) is 0 Å². The zero-order valence-electron chi connectivity index (χ0n) is 7.75. The van der Waals surface area contributed by atoms with Crippen molar-refractivity contribution >= 4 is 16.5 Å². The van der Waals surface area contributed by atoms with Crippen LogP contribution in [0, 0.1) is 0 Å². The van der Waals surface area contributed by atoms with E-state index in [0.717, 1.165) is 42.4 Å². The summed E-state index contributed by atoms with van der Waals surface area (Å²) in [5, 5.41) is 0.750. The third-order valence-electron chi connectivity index (χ3n) is 2.35. The van der Waals surface area contributed by atoms with E-state index >= 15 is 0 Å². The fourth-order valence-corrected chi connectivity index (χ4v) is 2.43. The van der Waals surface area contributed by atoms with Crippen LogP contribution in [0.2, 0.25) is 0 Å². The van der Waals surface area contributed by atoms with Crippen molar-refractivity contribution in [1.82, 2.24) is 4.98 Å². The van der Waals surface area contributed by atoms with E-state index in [9.17, 15) is 8.78 Å². The summed E-state index contributed by atoms with van der Waals surface area (Å²) in [7, 11) is 0. The van der Waals surface area contributed by atoms with E-state index in [1.165, 1.54) is 12.6 Å². The Morgan fingerprint density at radius 3 is 2.57 bits per heavy atom. The van der Waals surface area contributed by atoms with E-state index in [2.05, 4.69) is 9.88 Å². The number of halogens is 2. The van der Waals surface area contributed by atoms with E-state index in [0.29, 0.717) is 0 Å². The Bertz CT molecular complexity index is 295. The van der Waals surface area contributed by atoms with Crippen molar-refractivity contribution in [2.75, 3.05) is 18.0 Å². The molecule has 2 heterocycles. The molecule has 0 N–H and O–H groups in total. The lowest BCUT2D eigenvalue weighted by Crippen LogP contribution is -2.29. The molecule has 1 fully saturated rings. The molecule has 1 aromatic heterocycles. The van der Waals surface area contributed by atoms with Gasteiger partial charge in [0.05, 0.1) is 4.88 Å². The first-order valence-electron chi connectivity index (χ1n) is 4.76. The Morgan fingerprint density at radius 2 is 2.00 bits per heavy atom. The van der Waals surface area contributed by atoms with Crippen LogP contribution >= 0.6 is 11.3 Å². The number of thiazole rings is 1. The Hall–Kier alpha value is -0.710. The molecule has 5 heteroatoms. The molecule has 1 aromatic rings. The van der Waals surface area contributed by atoms with Crippen molar-refractivity contribution in [1.29, 1.82) is 0 Å². The summed E-state index contributed by atoms with van der Waals surface area (Å²) >= 11 is 1.11.